The Bertz CT molecular complexity index is 1230. The van der Waals surface area contributed by atoms with Crippen molar-refractivity contribution in [3.8, 4) is 5.75 Å². The van der Waals surface area contributed by atoms with Crippen LogP contribution in [0.25, 0.3) is 0 Å². The van der Waals surface area contributed by atoms with Gasteiger partial charge < -0.3 is 18.9 Å². The topological polar surface area (TPSA) is 88.1 Å². The summed E-state index contributed by atoms with van der Waals surface area (Å²) in [6.45, 7) is 4.61. The maximum Gasteiger partial charge on any atom is 0.338 e. The molecule has 0 aromatic heterocycles. The molecular weight excluding hydrogens is 701 g/mol. The maximum absolute atomic E-state index is 12.9. The van der Waals surface area contributed by atoms with Crippen molar-refractivity contribution in [1.29, 1.82) is 0 Å². The number of ether oxygens (including phenoxy) is 4. The second kappa shape index (κ2) is 34.9. The number of carbonyl (C=O) groups excluding carboxylic acids is 3. The Balaban J connectivity index is 1.69. The van der Waals surface area contributed by atoms with Crippen molar-refractivity contribution < 1.29 is 33.3 Å². The summed E-state index contributed by atoms with van der Waals surface area (Å²) in [7, 11) is 0. The van der Waals surface area contributed by atoms with Gasteiger partial charge in [0.15, 0.2) is 6.10 Å². The second-order valence-electron chi connectivity index (χ2n) is 15.7. The van der Waals surface area contributed by atoms with Crippen LogP contribution in [-0.4, -0.2) is 37.2 Å². The van der Waals surface area contributed by atoms with E-state index in [4.69, 9.17) is 18.9 Å². The molecule has 2 aromatic rings. The first-order valence-corrected chi connectivity index (χ1v) is 22.8. The van der Waals surface area contributed by atoms with Gasteiger partial charge in [0.25, 0.3) is 0 Å². The minimum atomic E-state index is -0.863. The molecule has 0 fully saturated rings. The number of hydrogen-bond donors (Lipinski definition) is 0. The normalized spacial score (nSPS) is 11.6. The lowest BCUT2D eigenvalue weighted by molar-refractivity contribution is -0.161. The summed E-state index contributed by atoms with van der Waals surface area (Å²) >= 11 is 0. The van der Waals surface area contributed by atoms with Gasteiger partial charge in [-0.3, -0.25) is 9.59 Å². The molecule has 7 heteroatoms. The molecule has 0 aliphatic carbocycles. The SMILES string of the molecule is CCCCCCCCCCCCCCCC(=O)OCC(COC(=O)c1ccc(OCc2ccccc2)cc1)OC(=O)CCCCCCCCCCCCCCC. The lowest BCUT2D eigenvalue weighted by atomic mass is 10.0. The Morgan fingerprint density at radius 3 is 1.34 bits per heavy atom. The van der Waals surface area contributed by atoms with Crippen molar-refractivity contribution in [3.05, 3.63) is 65.7 Å². The highest BCUT2D eigenvalue weighted by molar-refractivity contribution is 5.89. The van der Waals surface area contributed by atoms with Crippen LogP contribution < -0.4 is 4.74 Å². The van der Waals surface area contributed by atoms with E-state index >= 15 is 0 Å². The minimum absolute atomic E-state index is 0.138. The summed E-state index contributed by atoms with van der Waals surface area (Å²) in [6.07, 6.45) is 31.9. The van der Waals surface area contributed by atoms with Crippen molar-refractivity contribution >= 4 is 17.9 Å². The molecule has 7 nitrogen and oxygen atoms in total. The average Bonchev–Trinajstić information content (AvgIpc) is 3.22. The van der Waals surface area contributed by atoms with Crippen LogP contribution in [0, 0.1) is 0 Å². The Kier molecular flexibility index (Phi) is 30.4. The first kappa shape index (κ1) is 48.8. The van der Waals surface area contributed by atoms with E-state index in [0.29, 0.717) is 30.8 Å². The first-order chi connectivity index (χ1) is 27.5. The Morgan fingerprint density at radius 1 is 0.464 bits per heavy atom. The molecule has 2 aromatic carbocycles. The van der Waals surface area contributed by atoms with Crippen LogP contribution in [0.3, 0.4) is 0 Å². The second-order valence-corrected chi connectivity index (χ2v) is 15.7. The summed E-state index contributed by atoms with van der Waals surface area (Å²) in [5, 5.41) is 0. The van der Waals surface area contributed by atoms with E-state index in [0.717, 1.165) is 44.1 Å². The fourth-order valence-corrected chi connectivity index (χ4v) is 6.87. The summed E-state index contributed by atoms with van der Waals surface area (Å²) in [5.41, 5.74) is 1.41. The third kappa shape index (κ3) is 27.3. The monoisotopic (exact) mass is 779 g/mol. The van der Waals surface area contributed by atoms with E-state index in [-0.39, 0.29) is 25.2 Å². The molecule has 56 heavy (non-hydrogen) atoms. The summed E-state index contributed by atoms with van der Waals surface area (Å²) in [4.78, 5) is 38.3. The van der Waals surface area contributed by atoms with Crippen molar-refractivity contribution in [2.75, 3.05) is 13.2 Å². The number of rotatable bonds is 37. The Morgan fingerprint density at radius 2 is 0.875 bits per heavy atom. The number of unbranched alkanes of at least 4 members (excludes halogenated alkanes) is 24. The number of hydrogen-bond acceptors (Lipinski definition) is 7. The van der Waals surface area contributed by atoms with Crippen LogP contribution >= 0.6 is 0 Å². The van der Waals surface area contributed by atoms with Crippen molar-refractivity contribution in [1.82, 2.24) is 0 Å². The zero-order valence-corrected chi connectivity index (χ0v) is 35.6. The van der Waals surface area contributed by atoms with Gasteiger partial charge in [-0.2, -0.15) is 0 Å². The van der Waals surface area contributed by atoms with E-state index in [1.165, 1.54) is 128 Å². The molecule has 0 radical (unpaired) electrons. The molecule has 0 amide bonds. The van der Waals surface area contributed by atoms with Gasteiger partial charge in [-0.25, -0.2) is 4.79 Å². The molecule has 0 saturated carbocycles. The van der Waals surface area contributed by atoms with Crippen molar-refractivity contribution in [2.45, 2.75) is 206 Å². The zero-order chi connectivity index (χ0) is 40.2. The fraction of sp³-hybridized carbons (Fsp3) is 0.694. The predicted molar refractivity (Wildman–Crippen MR) is 229 cm³/mol. The quantitative estimate of drug-likeness (QED) is 0.0383. The highest BCUT2D eigenvalue weighted by Gasteiger charge is 2.20. The summed E-state index contributed by atoms with van der Waals surface area (Å²) in [5.74, 6) is -0.583. The molecule has 0 heterocycles. The summed E-state index contributed by atoms with van der Waals surface area (Å²) in [6, 6.07) is 16.6. The van der Waals surface area contributed by atoms with Gasteiger partial charge in [-0.1, -0.05) is 198 Å². The summed E-state index contributed by atoms with van der Waals surface area (Å²) < 4.78 is 22.6. The molecule has 1 unspecified atom stereocenters. The van der Waals surface area contributed by atoms with Crippen LogP contribution in [0.1, 0.15) is 210 Å². The van der Waals surface area contributed by atoms with E-state index in [2.05, 4.69) is 13.8 Å². The van der Waals surface area contributed by atoms with Crippen LogP contribution in [0.15, 0.2) is 54.6 Å². The molecule has 316 valence electrons. The molecule has 1 atom stereocenters. The lowest BCUT2D eigenvalue weighted by Gasteiger charge is -2.18. The zero-order valence-electron chi connectivity index (χ0n) is 35.6. The highest BCUT2D eigenvalue weighted by Crippen LogP contribution is 2.17. The average molecular weight is 779 g/mol. The standard InChI is InChI=1S/C49H78O7/c1-3-5-7-9-11-13-15-17-19-21-23-25-30-34-47(50)54-41-46(56-48(51)35-31-26-24-22-20-18-16-14-12-10-8-6-4-2)42-55-49(52)44-36-38-45(39-37-44)53-40-43-32-28-27-29-33-43/h27-29,32-33,36-39,46H,3-26,30-31,34-35,40-42H2,1-2H3. The van der Waals surface area contributed by atoms with E-state index in [9.17, 15) is 14.4 Å². The lowest BCUT2D eigenvalue weighted by Crippen LogP contribution is -2.31. The van der Waals surface area contributed by atoms with Gasteiger partial charge in [-0.15, -0.1) is 0 Å². The molecule has 0 N–H and O–H groups in total. The highest BCUT2D eigenvalue weighted by atomic mass is 16.6. The third-order valence-electron chi connectivity index (χ3n) is 10.4. The number of esters is 3. The largest absolute Gasteiger partial charge is 0.489 e. The van der Waals surface area contributed by atoms with Crippen LogP contribution in [0.5, 0.6) is 5.75 Å². The molecule has 0 aliphatic rings. The third-order valence-corrected chi connectivity index (χ3v) is 10.4. The van der Waals surface area contributed by atoms with E-state index in [1.54, 1.807) is 24.3 Å². The smallest absolute Gasteiger partial charge is 0.338 e. The van der Waals surface area contributed by atoms with Crippen molar-refractivity contribution in [2.24, 2.45) is 0 Å². The van der Waals surface area contributed by atoms with Gasteiger partial charge in [-0.05, 0) is 42.7 Å². The predicted octanol–water partition coefficient (Wildman–Crippen LogP) is 13.8. The van der Waals surface area contributed by atoms with Gasteiger partial charge in [0.2, 0.25) is 0 Å². The number of carbonyl (C=O) groups is 3. The Hall–Kier alpha value is -3.35. The van der Waals surface area contributed by atoms with Crippen LogP contribution in [0.2, 0.25) is 0 Å². The van der Waals surface area contributed by atoms with Crippen LogP contribution in [-0.2, 0) is 30.4 Å². The van der Waals surface area contributed by atoms with E-state index < -0.39 is 12.1 Å². The van der Waals surface area contributed by atoms with Crippen LogP contribution in [0.4, 0.5) is 0 Å². The molecule has 0 saturated heterocycles. The van der Waals surface area contributed by atoms with Gasteiger partial charge >= 0.3 is 17.9 Å². The molecule has 0 spiro atoms. The fourth-order valence-electron chi connectivity index (χ4n) is 6.87. The minimum Gasteiger partial charge on any atom is -0.489 e. The maximum atomic E-state index is 12.9. The van der Waals surface area contributed by atoms with E-state index in [1.807, 2.05) is 30.3 Å². The molecule has 2 rings (SSSR count). The van der Waals surface area contributed by atoms with Gasteiger partial charge in [0, 0.05) is 12.8 Å². The first-order valence-electron chi connectivity index (χ1n) is 22.8. The molecular formula is C49H78O7. The van der Waals surface area contributed by atoms with Crippen molar-refractivity contribution in [3.63, 3.8) is 0 Å². The molecule has 0 aliphatic heterocycles. The van der Waals surface area contributed by atoms with Gasteiger partial charge in [0.05, 0.1) is 5.56 Å². The number of benzene rings is 2. The van der Waals surface area contributed by atoms with Gasteiger partial charge in [0.1, 0.15) is 25.6 Å². The molecule has 0 bridgehead atoms. The Labute approximate surface area is 341 Å².